The van der Waals surface area contributed by atoms with Gasteiger partial charge in [0.1, 0.15) is 0 Å². The third-order valence-electron chi connectivity index (χ3n) is 4.82. The monoisotopic (exact) mass is 389 g/mol. The van der Waals surface area contributed by atoms with E-state index < -0.39 is 27.7 Å². The zero-order valence-electron chi connectivity index (χ0n) is 15.7. The van der Waals surface area contributed by atoms with Crippen molar-refractivity contribution in [1.82, 2.24) is 25.3 Å². The van der Waals surface area contributed by atoms with Crippen molar-refractivity contribution in [3.05, 3.63) is 0 Å². The van der Waals surface area contributed by atoms with Crippen LogP contribution < -0.4 is 10.6 Å². The van der Waals surface area contributed by atoms with Gasteiger partial charge in [-0.25, -0.2) is 8.42 Å². The van der Waals surface area contributed by atoms with E-state index in [-0.39, 0.29) is 11.5 Å². The summed E-state index contributed by atoms with van der Waals surface area (Å²) < 4.78 is 23.5. The van der Waals surface area contributed by atoms with Gasteiger partial charge in [-0.15, -0.1) is 0 Å². The van der Waals surface area contributed by atoms with Crippen molar-refractivity contribution >= 4 is 21.7 Å². The average molecular weight is 390 g/mol. The lowest BCUT2D eigenvalue weighted by molar-refractivity contribution is -0.147. The Morgan fingerprint density at radius 2 is 1.88 bits per heavy atom. The summed E-state index contributed by atoms with van der Waals surface area (Å²) in [5, 5.41) is 5.95. The summed E-state index contributed by atoms with van der Waals surface area (Å²) in [5.74, 6) is -1.26. The van der Waals surface area contributed by atoms with Crippen LogP contribution in [0.1, 0.15) is 6.42 Å². The van der Waals surface area contributed by atoms with E-state index in [1.165, 1.54) is 4.90 Å². The van der Waals surface area contributed by atoms with Crippen LogP contribution in [0.3, 0.4) is 0 Å². The van der Waals surface area contributed by atoms with Gasteiger partial charge in [0.05, 0.1) is 11.5 Å². The number of rotatable bonds is 7. The molecule has 0 bridgehead atoms. The van der Waals surface area contributed by atoms with Gasteiger partial charge in [0, 0.05) is 58.4 Å². The normalized spacial score (nSPS) is 23.1. The summed E-state index contributed by atoms with van der Waals surface area (Å²) in [6.07, 6.45) is 0.398. The third kappa shape index (κ3) is 6.49. The minimum atomic E-state index is -3.12. The number of likely N-dealkylation sites (N-methyl/N-ethyl adjacent to an activating group) is 1. The molecule has 0 saturated carbocycles. The van der Waals surface area contributed by atoms with Crippen LogP contribution in [0.15, 0.2) is 0 Å². The highest BCUT2D eigenvalue weighted by Gasteiger charge is 2.36. The molecule has 0 aromatic rings. The van der Waals surface area contributed by atoms with Crippen molar-refractivity contribution in [3.63, 3.8) is 0 Å². The summed E-state index contributed by atoms with van der Waals surface area (Å²) in [6.45, 7) is 5.76. The molecule has 2 amide bonds. The fourth-order valence-electron chi connectivity index (χ4n) is 3.25. The lowest BCUT2D eigenvalue weighted by atomic mass is 10.2. The van der Waals surface area contributed by atoms with Crippen LogP contribution in [0.2, 0.25) is 0 Å². The van der Waals surface area contributed by atoms with Crippen molar-refractivity contribution in [2.45, 2.75) is 12.5 Å². The predicted molar refractivity (Wildman–Crippen MR) is 99.6 cm³/mol. The molecule has 2 aliphatic rings. The first-order valence-corrected chi connectivity index (χ1v) is 11.0. The molecule has 2 aliphatic heterocycles. The first-order valence-electron chi connectivity index (χ1n) is 9.15. The second kappa shape index (κ2) is 9.63. The van der Waals surface area contributed by atoms with Gasteiger partial charge in [-0.2, -0.15) is 0 Å². The second-order valence-electron chi connectivity index (χ2n) is 7.21. The maximum absolute atomic E-state index is 12.6. The van der Waals surface area contributed by atoms with E-state index >= 15 is 0 Å². The number of carbonyl (C=O) groups is 2. The molecule has 9 nitrogen and oxygen atoms in total. The minimum absolute atomic E-state index is 0.0553. The van der Waals surface area contributed by atoms with E-state index in [0.29, 0.717) is 32.6 Å². The first-order chi connectivity index (χ1) is 12.3. The van der Waals surface area contributed by atoms with E-state index in [4.69, 9.17) is 0 Å². The molecule has 1 unspecified atom stereocenters. The molecule has 2 fully saturated rings. The number of nitrogens with zero attached hydrogens (tertiary/aromatic N) is 3. The van der Waals surface area contributed by atoms with Gasteiger partial charge in [-0.05, 0) is 20.5 Å². The summed E-state index contributed by atoms with van der Waals surface area (Å²) in [6, 6.07) is -0.411. The highest BCUT2D eigenvalue weighted by Crippen LogP contribution is 2.18. The number of carbonyl (C=O) groups excluding carboxylic acids is 2. The fraction of sp³-hybridized carbons (Fsp3) is 0.875. The maximum atomic E-state index is 12.6. The summed E-state index contributed by atoms with van der Waals surface area (Å²) in [7, 11) is 0.632. The van der Waals surface area contributed by atoms with Gasteiger partial charge in [0.25, 0.3) is 0 Å². The number of amides is 2. The molecule has 2 rings (SSSR count). The Bertz CT molecular complexity index is 589. The zero-order valence-corrected chi connectivity index (χ0v) is 16.6. The predicted octanol–water partition coefficient (Wildman–Crippen LogP) is -2.41. The van der Waals surface area contributed by atoms with Crippen LogP contribution in [-0.4, -0.2) is 119 Å². The third-order valence-corrected chi connectivity index (χ3v) is 6.57. The number of nitrogens with one attached hydrogen (secondary N) is 2. The summed E-state index contributed by atoms with van der Waals surface area (Å²) >= 11 is 0. The molecule has 2 heterocycles. The highest BCUT2D eigenvalue weighted by atomic mass is 32.2. The van der Waals surface area contributed by atoms with Crippen LogP contribution >= 0.6 is 0 Å². The Morgan fingerprint density at radius 3 is 2.46 bits per heavy atom. The minimum Gasteiger partial charge on any atom is -0.347 e. The van der Waals surface area contributed by atoms with Crippen LogP contribution in [0, 0.1) is 0 Å². The molecule has 0 radical (unpaired) electrons. The van der Waals surface area contributed by atoms with E-state index in [1.807, 2.05) is 19.0 Å². The van der Waals surface area contributed by atoms with Gasteiger partial charge in [0.2, 0.25) is 0 Å². The van der Waals surface area contributed by atoms with Crippen LogP contribution in [0.5, 0.6) is 0 Å². The maximum Gasteiger partial charge on any atom is 0.312 e. The molecule has 0 aliphatic carbocycles. The molecule has 2 saturated heterocycles. The molecule has 0 aromatic carbocycles. The highest BCUT2D eigenvalue weighted by molar-refractivity contribution is 7.91. The van der Waals surface area contributed by atoms with Crippen molar-refractivity contribution in [2.75, 3.05) is 78.0 Å². The van der Waals surface area contributed by atoms with Gasteiger partial charge in [0.15, 0.2) is 9.84 Å². The number of piperazine rings is 1. The van der Waals surface area contributed by atoms with Crippen molar-refractivity contribution in [1.29, 1.82) is 0 Å². The molecular weight excluding hydrogens is 358 g/mol. The Hall–Kier alpha value is -1.23. The number of hydrogen-bond acceptors (Lipinski definition) is 7. The number of hydrogen-bond donors (Lipinski definition) is 2. The quantitative estimate of drug-likeness (QED) is 0.468. The topological polar surface area (TPSA) is 102 Å². The largest absolute Gasteiger partial charge is 0.347 e. The van der Waals surface area contributed by atoms with E-state index in [1.54, 1.807) is 0 Å². The van der Waals surface area contributed by atoms with Gasteiger partial charge in [-0.1, -0.05) is 0 Å². The lowest BCUT2D eigenvalue weighted by Gasteiger charge is -2.29. The summed E-state index contributed by atoms with van der Waals surface area (Å²) in [4.78, 5) is 30.5. The molecule has 10 heteroatoms. The van der Waals surface area contributed by atoms with E-state index in [0.717, 1.165) is 26.2 Å². The first kappa shape index (κ1) is 21.1. The second-order valence-corrected chi connectivity index (χ2v) is 9.43. The molecule has 2 N–H and O–H groups in total. The Morgan fingerprint density at radius 1 is 1.19 bits per heavy atom. The standard InChI is InChI=1S/C16H31N5O4S/c1-19(2)10-11-21(14-3-12-26(24,25)13-14)16(23)15(22)18-6-9-20-7-4-17-5-8-20/h14,17H,3-13H2,1-2H3,(H,18,22). The Kier molecular flexibility index (Phi) is 7.81. The van der Waals surface area contributed by atoms with Crippen molar-refractivity contribution < 1.29 is 18.0 Å². The van der Waals surface area contributed by atoms with Crippen LogP contribution in [0.4, 0.5) is 0 Å². The molecule has 1 atom stereocenters. The Labute approximate surface area is 156 Å². The number of sulfone groups is 1. The van der Waals surface area contributed by atoms with E-state index in [2.05, 4.69) is 15.5 Å². The molecule has 26 heavy (non-hydrogen) atoms. The fourth-order valence-corrected chi connectivity index (χ4v) is 4.98. The zero-order chi connectivity index (χ0) is 19.2. The van der Waals surface area contributed by atoms with Crippen molar-refractivity contribution in [2.24, 2.45) is 0 Å². The van der Waals surface area contributed by atoms with Gasteiger partial charge >= 0.3 is 11.8 Å². The van der Waals surface area contributed by atoms with Crippen molar-refractivity contribution in [3.8, 4) is 0 Å². The van der Waals surface area contributed by atoms with Crippen LogP contribution in [-0.2, 0) is 19.4 Å². The summed E-state index contributed by atoms with van der Waals surface area (Å²) in [5.41, 5.74) is 0. The molecule has 0 spiro atoms. The molecule has 0 aromatic heterocycles. The molecule has 150 valence electrons. The van der Waals surface area contributed by atoms with E-state index in [9.17, 15) is 18.0 Å². The average Bonchev–Trinajstić information content (AvgIpc) is 2.95. The van der Waals surface area contributed by atoms with Crippen LogP contribution in [0.25, 0.3) is 0 Å². The lowest BCUT2D eigenvalue weighted by Crippen LogP contribution is -2.52. The smallest absolute Gasteiger partial charge is 0.312 e. The van der Waals surface area contributed by atoms with Gasteiger partial charge in [-0.3, -0.25) is 14.5 Å². The Balaban J connectivity index is 1.88. The SMILES string of the molecule is CN(C)CCN(C(=O)C(=O)NCCN1CCNCC1)C1CCS(=O)(=O)C1. The molecular formula is C16H31N5O4S. The van der Waals surface area contributed by atoms with Gasteiger partial charge < -0.3 is 20.4 Å².